The van der Waals surface area contributed by atoms with E-state index < -0.39 is 0 Å². The molecule has 8 nitrogen and oxygen atoms in total. The van der Waals surface area contributed by atoms with E-state index in [9.17, 15) is 4.79 Å². The molecule has 1 atom stereocenters. The predicted octanol–water partition coefficient (Wildman–Crippen LogP) is 2.11. The van der Waals surface area contributed by atoms with Crippen LogP contribution in [0, 0.1) is 0 Å². The minimum absolute atomic E-state index is 0.123. The summed E-state index contributed by atoms with van der Waals surface area (Å²) in [5.74, 6) is 2.63. The molecule has 4 rings (SSSR count). The fraction of sp³-hybridized carbons (Fsp3) is 0.235. The molecule has 3 aromatic rings. The first kappa shape index (κ1) is 16.5. The predicted molar refractivity (Wildman–Crippen MR) is 94.2 cm³/mol. The van der Waals surface area contributed by atoms with Crippen LogP contribution in [0.1, 0.15) is 0 Å². The van der Waals surface area contributed by atoms with Crippen molar-refractivity contribution in [1.82, 2.24) is 20.5 Å². The van der Waals surface area contributed by atoms with E-state index in [1.165, 1.54) is 11.8 Å². The molecule has 0 saturated carbocycles. The molecule has 1 amide bonds. The van der Waals surface area contributed by atoms with Gasteiger partial charge in [-0.3, -0.25) is 9.89 Å². The molecular formula is C17H16N4O4S. The van der Waals surface area contributed by atoms with E-state index in [2.05, 4.69) is 20.5 Å². The molecule has 9 heteroatoms. The molecule has 2 aromatic heterocycles. The van der Waals surface area contributed by atoms with Crippen LogP contribution in [0.2, 0.25) is 0 Å². The Morgan fingerprint density at radius 2 is 2.15 bits per heavy atom. The van der Waals surface area contributed by atoms with Crippen molar-refractivity contribution in [3.05, 3.63) is 42.7 Å². The Hall–Kier alpha value is -2.94. The van der Waals surface area contributed by atoms with Crippen molar-refractivity contribution in [2.75, 3.05) is 18.9 Å². The summed E-state index contributed by atoms with van der Waals surface area (Å²) >= 11 is 1.24. The van der Waals surface area contributed by atoms with Gasteiger partial charge in [0.2, 0.25) is 11.1 Å². The number of para-hydroxylation sites is 2. The number of benzene rings is 1. The van der Waals surface area contributed by atoms with Crippen molar-refractivity contribution in [2.24, 2.45) is 0 Å². The Bertz CT molecular complexity index is 881. The van der Waals surface area contributed by atoms with Gasteiger partial charge in [0.15, 0.2) is 23.1 Å². The van der Waals surface area contributed by atoms with Gasteiger partial charge in [-0.25, -0.2) is 0 Å². The number of hydrogen-bond donors (Lipinski definition) is 2. The molecule has 0 saturated heterocycles. The van der Waals surface area contributed by atoms with Crippen molar-refractivity contribution in [3.8, 4) is 23.1 Å². The van der Waals surface area contributed by atoms with Gasteiger partial charge in [-0.2, -0.15) is 4.98 Å². The summed E-state index contributed by atoms with van der Waals surface area (Å²) in [6.07, 6.45) is 1.35. The molecule has 1 unspecified atom stereocenters. The van der Waals surface area contributed by atoms with E-state index in [4.69, 9.17) is 13.9 Å². The largest absolute Gasteiger partial charge is 0.486 e. The van der Waals surface area contributed by atoms with Crippen LogP contribution >= 0.6 is 11.8 Å². The third-order valence-corrected chi connectivity index (χ3v) is 4.49. The van der Waals surface area contributed by atoms with Gasteiger partial charge in [0.25, 0.3) is 0 Å². The number of furan rings is 1. The fourth-order valence-electron chi connectivity index (χ4n) is 2.41. The molecule has 134 valence electrons. The van der Waals surface area contributed by atoms with Crippen LogP contribution in [0.3, 0.4) is 0 Å². The number of carbonyl (C=O) groups excluding carboxylic acids is 1. The maximum absolute atomic E-state index is 12.0. The van der Waals surface area contributed by atoms with Gasteiger partial charge in [-0.05, 0) is 24.3 Å². The van der Waals surface area contributed by atoms with Crippen LogP contribution in [0.15, 0.2) is 52.2 Å². The smallest absolute Gasteiger partial charge is 0.230 e. The molecule has 3 heterocycles. The van der Waals surface area contributed by atoms with Crippen LogP contribution in [-0.2, 0) is 4.79 Å². The number of nitrogens with one attached hydrogen (secondary N) is 2. The minimum Gasteiger partial charge on any atom is -0.486 e. The number of nitrogens with zero attached hydrogens (tertiary/aromatic N) is 2. The lowest BCUT2D eigenvalue weighted by Gasteiger charge is -2.26. The van der Waals surface area contributed by atoms with E-state index in [1.807, 2.05) is 24.3 Å². The van der Waals surface area contributed by atoms with Gasteiger partial charge in [0.1, 0.15) is 12.7 Å². The first-order valence-corrected chi connectivity index (χ1v) is 9.01. The highest BCUT2D eigenvalue weighted by molar-refractivity contribution is 7.99. The van der Waals surface area contributed by atoms with Gasteiger partial charge in [-0.1, -0.05) is 23.9 Å². The van der Waals surface area contributed by atoms with E-state index in [0.29, 0.717) is 35.6 Å². The summed E-state index contributed by atoms with van der Waals surface area (Å²) in [5, 5.41) is 10.2. The maximum atomic E-state index is 12.0. The van der Waals surface area contributed by atoms with Crippen molar-refractivity contribution < 1.29 is 18.7 Å². The lowest BCUT2D eigenvalue weighted by Crippen LogP contribution is -2.41. The van der Waals surface area contributed by atoms with Crippen LogP contribution in [0.5, 0.6) is 11.5 Å². The average Bonchev–Trinajstić information content (AvgIpc) is 3.36. The van der Waals surface area contributed by atoms with E-state index in [-0.39, 0.29) is 17.8 Å². The summed E-state index contributed by atoms with van der Waals surface area (Å²) in [7, 11) is 0. The Morgan fingerprint density at radius 1 is 1.27 bits per heavy atom. The molecule has 1 aliphatic rings. The zero-order valence-corrected chi connectivity index (χ0v) is 14.5. The lowest BCUT2D eigenvalue weighted by atomic mass is 10.2. The Labute approximate surface area is 153 Å². The summed E-state index contributed by atoms with van der Waals surface area (Å²) in [5.41, 5.74) is 0. The second-order valence-electron chi connectivity index (χ2n) is 5.53. The number of aromatic nitrogens is 3. The number of H-pyrrole nitrogens is 1. The molecule has 0 spiro atoms. The Morgan fingerprint density at radius 3 is 3.00 bits per heavy atom. The molecule has 1 aromatic carbocycles. The van der Waals surface area contributed by atoms with Gasteiger partial charge < -0.3 is 19.2 Å². The minimum atomic E-state index is -0.215. The summed E-state index contributed by atoms with van der Waals surface area (Å²) in [6.45, 7) is 0.775. The van der Waals surface area contributed by atoms with Gasteiger partial charge in [0, 0.05) is 0 Å². The van der Waals surface area contributed by atoms with Crippen molar-refractivity contribution in [2.45, 2.75) is 11.3 Å². The van der Waals surface area contributed by atoms with Gasteiger partial charge in [0.05, 0.1) is 18.6 Å². The second kappa shape index (κ2) is 7.52. The third kappa shape index (κ3) is 3.83. The van der Waals surface area contributed by atoms with Crippen LogP contribution in [0.25, 0.3) is 11.6 Å². The molecule has 26 heavy (non-hydrogen) atoms. The van der Waals surface area contributed by atoms with Crippen molar-refractivity contribution in [1.29, 1.82) is 0 Å². The summed E-state index contributed by atoms with van der Waals surface area (Å²) < 4.78 is 16.7. The zero-order valence-electron chi connectivity index (χ0n) is 13.7. The monoisotopic (exact) mass is 372 g/mol. The fourth-order valence-corrected chi connectivity index (χ4v) is 3.04. The molecule has 0 fully saturated rings. The highest BCUT2D eigenvalue weighted by Gasteiger charge is 2.21. The standard InChI is InChI=1S/C17H16N4O4S/c22-15(10-26-17-19-16(20-21-17)14-6-3-7-23-14)18-8-11-9-24-12-4-1-2-5-13(12)25-11/h1-7,11H,8-10H2,(H,18,22)(H,19,20,21). The lowest BCUT2D eigenvalue weighted by molar-refractivity contribution is -0.119. The van der Waals surface area contributed by atoms with Gasteiger partial charge in [-0.15, -0.1) is 5.10 Å². The first-order valence-electron chi connectivity index (χ1n) is 8.02. The van der Waals surface area contributed by atoms with E-state index >= 15 is 0 Å². The second-order valence-corrected chi connectivity index (χ2v) is 6.48. The number of fused-ring (bicyclic) bond motifs is 1. The molecular weight excluding hydrogens is 356 g/mol. The normalized spacial score (nSPS) is 15.6. The van der Waals surface area contributed by atoms with Crippen molar-refractivity contribution in [3.63, 3.8) is 0 Å². The third-order valence-electron chi connectivity index (χ3n) is 3.65. The number of rotatable bonds is 6. The number of hydrogen-bond acceptors (Lipinski definition) is 7. The Kier molecular flexibility index (Phi) is 4.78. The van der Waals surface area contributed by atoms with E-state index in [0.717, 1.165) is 5.75 Å². The van der Waals surface area contributed by atoms with Crippen LogP contribution in [-0.4, -0.2) is 46.1 Å². The number of ether oxygens (including phenoxy) is 2. The van der Waals surface area contributed by atoms with E-state index in [1.54, 1.807) is 18.4 Å². The maximum Gasteiger partial charge on any atom is 0.230 e. The molecule has 0 aliphatic carbocycles. The summed E-state index contributed by atoms with van der Waals surface area (Å²) in [4.78, 5) is 16.3. The first-order chi connectivity index (χ1) is 12.8. The highest BCUT2D eigenvalue weighted by Crippen LogP contribution is 2.30. The number of amides is 1. The number of carbonyl (C=O) groups is 1. The molecule has 0 bridgehead atoms. The summed E-state index contributed by atoms with van der Waals surface area (Å²) in [6, 6.07) is 11.0. The quantitative estimate of drug-likeness (QED) is 0.639. The zero-order chi connectivity index (χ0) is 17.8. The van der Waals surface area contributed by atoms with Crippen molar-refractivity contribution >= 4 is 17.7 Å². The molecule has 0 radical (unpaired) electrons. The average molecular weight is 372 g/mol. The van der Waals surface area contributed by atoms with Crippen LogP contribution in [0.4, 0.5) is 0 Å². The topological polar surface area (TPSA) is 102 Å². The number of aromatic amines is 1. The van der Waals surface area contributed by atoms with Crippen LogP contribution < -0.4 is 14.8 Å². The SMILES string of the molecule is O=C(CSc1n[nH]c(-c2ccco2)n1)NCC1COc2ccccc2O1. The highest BCUT2D eigenvalue weighted by atomic mass is 32.2. The molecule has 2 N–H and O–H groups in total. The molecule has 1 aliphatic heterocycles. The number of thioether (sulfide) groups is 1. The Balaban J connectivity index is 1.23. The van der Waals surface area contributed by atoms with Gasteiger partial charge >= 0.3 is 0 Å².